The molecule has 7 heteroatoms. The number of carbonyl (C=O) groups excluding carboxylic acids is 4. The van der Waals surface area contributed by atoms with Crippen molar-refractivity contribution in [2.24, 2.45) is 5.41 Å². The van der Waals surface area contributed by atoms with Crippen molar-refractivity contribution in [2.45, 2.75) is 63.3 Å². The third kappa shape index (κ3) is 5.85. The van der Waals surface area contributed by atoms with Gasteiger partial charge < -0.3 is 0 Å². The topological polar surface area (TPSA) is 74.8 Å². The van der Waals surface area contributed by atoms with Gasteiger partial charge in [-0.25, -0.2) is 0 Å². The molecule has 4 aromatic rings. The summed E-state index contributed by atoms with van der Waals surface area (Å²) in [5.41, 5.74) is 5.01. The minimum atomic E-state index is -0.585. The van der Waals surface area contributed by atoms with Gasteiger partial charge in [0.25, 0.3) is 23.6 Å². The smallest absolute Gasteiger partial charge is 0.262 e. The Morgan fingerprint density at radius 1 is 0.511 bits per heavy atom. The van der Waals surface area contributed by atoms with Crippen LogP contribution in [0.3, 0.4) is 0 Å². The summed E-state index contributed by atoms with van der Waals surface area (Å²) in [6.45, 7) is 12.3. The normalized spacial score (nSPS) is 14.8. The first kappa shape index (κ1) is 30.5. The van der Waals surface area contributed by atoms with Crippen LogP contribution in [-0.2, 0) is 0 Å². The second kappa shape index (κ2) is 11.1. The Kier molecular flexibility index (Phi) is 7.56. The van der Waals surface area contributed by atoms with E-state index in [0.29, 0.717) is 28.8 Å². The van der Waals surface area contributed by atoms with Crippen molar-refractivity contribution >= 4 is 35.4 Å². The highest BCUT2D eigenvalue weighted by atomic mass is 32.2. The van der Waals surface area contributed by atoms with Crippen LogP contribution in [0.15, 0.2) is 94.7 Å². The molecule has 0 saturated heterocycles. The summed E-state index contributed by atoms with van der Waals surface area (Å²) in [5, 5.41) is 0. The maximum absolute atomic E-state index is 13.1. The molecule has 0 bridgehead atoms. The van der Waals surface area contributed by atoms with Crippen LogP contribution in [0, 0.1) is 5.41 Å². The summed E-state index contributed by atoms with van der Waals surface area (Å²) in [4.78, 5) is 56.6. The fourth-order valence-electron chi connectivity index (χ4n) is 5.72. The number of rotatable bonds is 6. The number of carbonyl (C=O) groups is 4. The van der Waals surface area contributed by atoms with E-state index >= 15 is 0 Å². The van der Waals surface area contributed by atoms with Crippen LogP contribution >= 0.6 is 11.8 Å². The van der Waals surface area contributed by atoms with E-state index in [9.17, 15) is 19.2 Å². The van der Waals surface area contributed by atoms with Crippen molar-refractivity contribution in [1.29, 1.82) is 0 Å². The van der Waals surface area contributed by atoms with Crippen LogP contribution in [0.4, 0.5) is 0 Å². The van der Waals surface area contributed by atoms with E-state index in [-0.39, 0.29) is 29.0 Å². The molecular weight excluding hydrogens is 580 g/mol. The minimum Gasteiger partial charge on any atom is -0.274 e. The Hall–Kier alpha value is -4.49. The SMILES string of the molecule is CC(C)(C)CCN1C(=O)c2ccc(-c3ccc(Sc4ccc(-c5ccc6c(c5)C(=O)N(C(C)(C)C)C6=O)cc4)cc3)cc2C1=O. The standard InChI is InChI=1S/C38H36N2O4S/c1-37(2,3)19-20-39-33(41)29-17-11-25(21-31(29)34(39)42)23-7-13-27(14-8-23)45-28-15-9-24(10-16-28)26-12-18-30-32(22-26)36(44)40(35(30)43)38(4,5)6/h7-18,21-22H,19-20H2,1-6H3. The molecule has 0 aliphatic carbocycles. The molecule has 0 aromatic heterocycles. The summed E-state index contributed by atoms with van der Waals surface area (Å²) in [6.07, 6.45) is 0.751. The van der Waals surface area contributed by atoms with Crippen LogP contribution < -0.4 is 0 Å². The molecule has 2 aliphatic rings. The summed E-state index contributed by atoms with van der Waals surface area (Å²) in [5.74, 6) is -0.929. The van der Waals surface area contributed by atoms with Gasteiger partial charge in [0, 0.05) is 21.9 Å². The van der Waals surface area contributed by atoms with Gasteiger partial charge in [-0.3, -0.25) is 29.0 Å². The molecule has 0 atom stereocenters. The number of nitrogens with zero attached hydrogens (tertiary/aromatic N) is 2. The van der Waals surface area contributed by atoms with E-state index in [4.69, 9.17) is 0 Å². The zero-order valence-corrected chi connectivity index (χ0v) is 27.2. The molecule has 4 aromatic carbocycles. The first-order valence-electron chi connectivity index (χ1n) is 15.1. The largest absolute Gasteiger partial charge is 0.274 e. The molecule has 0 unspecified atom stereocenters. The lowest BCUT2D eigenvalue weighted by Crippen LogP contribution is -2.45. The average Bonchev–Trinajstić information content (AvgIpc) is 3.39. The first-order valence-corrected chi connectivity index (χ1v) is 15.9. The molecule has 4 amide bonds. The predicted molar refractivity (Wildman–Crippen MR) is 178 cm³/mol. The summed E-state index contributed by atoms with van der Waals surface area (Å²) in [7, 11) is 0. The second-order valence-corrected chi connectivity index (χ2v) is 15.0. The van der Waals surface area contributed by atoms with Crippen LogP contribution in [0.1, 0.15) is 89.4 Å². The molecule has 2 heterocycles. The van der Waals surface area contributed by atoms with Gasteiger partial charge in [-0.05, 0) is 103 Å². The molecule has 6 rings (SSSR count). The number of hydrogen-bond acceptors (Lipinski definition) is 5. The van der Waals surface area contributed by atoms with Crippen molar-refractivity contribution in [1.82, 2.24) is 9.80 Å². The Labute approximate surface area is 268 Å². The van der Waals surface area contributed by atoms with Gasteiger partial charge in [0.1, 0.15) is 0 Å². The van der Waals surface area contributed by atoms with Gasteiger partial charge in [-0.15, -0.1) is 0 Å². The summed E-state index contributed by atoms with van der Waals surface area (Å²) >= 11 is 1.64. The number of hydrogen-bond donors (Lipinski definition) is 0. The Bertz CT molecular complexity index is 1860. The molecule has 6 nitrogen and oxygen atoms in total. The van der Waals surface area contributed by atoms with Crippen molar-refractivity contribution < 1.29 is 19.2 Å². The van der Waals surface area contributed by atoms with E-state index in [1.807, 2.05) is 93.6 Å². The van der Waals surface area contributed by atoms with Gasteiger partial charge in [0.05, 0.1) is 22.3 Å². The van der Waals surface area contributed by atoms with E-state index in [2.05, 4.69) is 20.8 Å². The lowest BCUT2D eigenvalue weighted by Gasteiger charge is -2.29. The third-order valence-corrected chi connectivity index (χ3v) is 9.24. The van der Waals surface area contributed by atoms with Gasteiger partial charge in [0.15, 0.2) is 0 Å². The highest BCUT2D eigenvalue weighted by molar-refractivity contribution is 7.99. The first-order chi connectivity index (χ1) is 21.2. The highest BCUT2D eigenvalue weighted by Crippen LogP contribution is 2.36. The van der Waals surface area contributed by atoms with Crippen molar-refractivity contribution in [3.05, 3.63) is 107 Å². The van der Waals surface area contributed by atoms with Crippen LogP contribution in [0.2, 0.25) is 0 Å². The molecule has 0 saturated carbocycles. The zero-order valence-electron chi connectivity index (χ0n) is 26.4. The Morgan fingerprint density at radius 3 is 1.38 bits per heavy atom. The second-order valence-electron chi connectivity index (χ2n) is 13.9. The molecule has 45 heavy (non-hydrogen) atoms. The fraction of sp³-hybridized carbons (Fsp3) is 0.263. The maximum Gasteiger partial charge on any atom is 0.262 e. The molecule has 0 radical (unpaired) electrons. The van der Waals surface area contributed by atoms with Gasteiger partial charge in [-0.1, -0.05) is 68.9 Å². The third-order valence-electron chi connectivity index (χ3n) is 8.22. The number of benzene rings is 4. The van der Waals surface area contributed by atoms with Gasteiger partial charge in [-0.2, -0.15) is 0 Å². The minimum absolute atomic E-state index is 0.0313. The van der Waals surface area contributed by atoms with E-state index in [0.717, 1.165) is 38.5 Å². The van der Waals surface area contributed by atoms with Crippen LogP contribution in [0.5, 0.6) is 0 Å². The molecule has 0 spiro atoms. The lowest BCUT2D eigenvalue weighted by atomic mass is 9.92. The monoisotopic (exact) mass is 616 g/mol. The van der Waals surface area contributed by atoms with Gasteiger partial charge in [0.2, 0.25) is 0 Å². The number of amides is 4. The van der Waals surface area contributed by atoms with Crippen LogP contribution in [-0.4, -0.2) is 45.5 Å². The van der Waals surface area contributed by atoms with Gasteiger partial charge >= 0.3 is 0 Å². The highest BCUT2D eigenvalue weighted by Gasteiger charge is 2.42. The van der Waals surface area contributed by atoms with E-state index in [1.54, 1.807) is 23.9 Å². The molecule has 0 fully saturated rings. The summed E-state index contributed by atoms with van der Waals surface area (Å²) < 4.78 is 0. The molecule has 228 valence electrons. The predicted octanol–water partition coefficient (Wildman–Crippen LogP) is 8.60. The van der Waals surface area contributed by atoms with Crippen molar-refractivity contribution in [3.8, 4) is 22.3 Å². The van der Waals surface area contributed by atoms with Crippen molar-refractivity contribution in [3.63, 3.8) is 0 Å². The quantitative estimate of drug-likeness (QED) is 0.203. The Morgan fingerprint density at radius 2 is 0.911 bits per heavy atom. The lowest BCUT2D eigenvalue weighted by molar-refractivity contribution is 0.0505. The van der Waals surface area contributed by atoms with Crippen molar-refractivity contribution in [2.75, 3.05) is 6.54 Å². The Balaban J connectivity index is 1.14. The van der Waals surface area contributed by atoms with E-state index < -0.39 is 5.54 Å². The number of imide groups is 2. The average molecular weight is 617 g/mol. The molecule has 2 aliphatic heterocycles. The molecule has 0 N–H and O–H groups in total. The molecular formula is C38H36N2O4S. The maximum atomic E-state index is 13.1. The van der Waals surface area contributed by atoms with E-state index in [1.165, 1.54) is 9.80 Å². The zero-order chi connectivity index (χ0) is 32.3. The van der Waals surface area contributed by atoms with Crippen LogP contribution in [0.25, 0.3) is 22.3 Å². The fourth-order valence-corrected chi connectivity index (χ4v) is 6.53. The number of fused-ring (bicyclic) bond motifs is 2. The summed E-state index contributed by atoms with van der Waals surface area (Å²) in [6, 6.07) is 27.2.